The highest BCUT2D eigenvalue weighted by Gasteiger charge is 2.11. The van der Waals surface area contributed by atoms with Crippen molar-refractivity contribution in [3.63, 3.8) is 0 Å². The standard InChI is InChI=1S/C12H9ClN4O2S/c1-7-14-15-10(18-7)6-20-12-17-16-11(19-12)8-2-4-9(13)5-3-8/h2-5H,6H2,1H3. The third-order valence-electron chi connectivity index (χ3n) is 2.38. The SMILES string of the molecule is Cc1nnc(CSc2nnc(-c3ccc(Cl)cc3)o2)o1. The number of thioether (sulfide) groups is 1. The smallest absolute Gasteiger partial charge is 0.277 e. The van der Waals surface area contributed by atoms with Gasteiger partial charge in [-0.3, -0.25) is 0 Å². The van der Waals surface area contributed by atoms with Crippen molar-refractivity contribution in [3.8, 4) is 11.5 Å². The molecule has 0 atom stereocenters. The van der Waals surface area contributed by atoms with Crippen LogP contribution >= 0.6 is 23.4 Å². The molecule has 3 aromatic rings. The van der Waals surface area contributed by atoms with Gasteiger partial charge in [0.15, 0.2) is 0 Å². The van der Waals surface area contributed by atoms with E-state index in [1.807, 2.05) is 12.1 Å². The van der Waals surface area contributed by atoms with Gasteiger partial charge in [0.25, 0.3) is 5.22 Å². The predicted molar refractivity (Wildman–Crippen MR) is 73.3 cm³/mol. The molecule has 0 bridgehead atoms. The van der Waals surface area contributed by atoms with Crippen molar-refractivity contribution >= 4 is 23.4 Å². The predicted octanol–water partition coefficient (Wildman–Crippen LogP) is 3.37. The second kappa shape index (κ2) is 5.64. The van der Waals surface area contributed by atoms with Crippen LogP contribution in [-0.4, -0.2) is 20.4 Å². The molecule has 0 saturated heterocycles. The lowest BCUT2D eigenvalue weighted by Gasteiger charge is -1.94. The maximum absolute atomic E-state index is 5.83. The van der Waals surface area contributed by atoms with E-state index in [4.69, 9.17) is 20.4 Å². The summed E-state index contributed by atoms with van der Waals surface area (Å²) in [6.45, 7) is 1.74. The van der Waals surface area contributed by atoms with E-state index in [0.29, 0.717) is 33.7 Å². The van der Waals surface area contributed by atoms with Crippen molar-refractivity contribution < 1.29 is 8.83 Å². The molecule has 1 aromatic carbocycles. The Morgan fingerprint density at radius 2 is 1.85 bits per heavy atom. The Bertz CT molecular complexity index is 710. The Morgan fingerprint density at radius 3 is 2.55 bits per heavy atom. The van der Waals surface area contributed by atoms with E-state index in [0.717, 1.165) is 5.56 Å². The first-order chi connectivity index (χ1) is 9.70. The van der Waals surface area contributed by atoms with Gasteiger partial charge in [0.2, 0.25) is 17.7 Å². The van der Waals surface area contributed by atoms with E-state index < -0.39 is 0 Å². The number of aromatic nitrogens is 4. The molecule has 8 heteroatoms. The molecule has 2 heterocycles. The average molecular weight is 309 g/mol. The molecule has 0 fully saturated rings. The van der Waals surface area contributed by atoms with Gasteiger partial charge in [0.05, 0.1) is 5.75 Å². The molecule has 102 valence electrons. The zero-order valence-electron chi connectivity index (χ0n) is 10.4. The van der Waals surface area contributed by atoms with Gasteiger partial charge in [0.1, 0.15) is 0 Å². The minimum absolute atomic E-state index is 0.450. The third-order valence-corrected chi connectivity index (χ3v) is 3.44. The maximum atomic E-state index is 5.83. The largest absolute Gasteiger partial charge is 0.425 e. The molecule has 0 N–H and O–H groups in total. The first-order valence-corrected chi connectivity index (χ1v) is 7.08. The van der Waals surface area contributed by atoms with Gasteiger partial charge in [0, 0.05) is 17.5 Å². The van der Waals surface area contributed by atoms with Gasteiger partial charge in [-0.2, -0.15) is 0 Å². The molecular weight excluding hydrogens is 300 g/mol. The zero-order valence-corrected chi connectivity index (χ0v) is 12.0. The Balaban J connectivity index is 1.69. The average Bonchev–Trinajstić information content (AvgIpc) is 3.06. The highest BCUT2D eigenvalue weighted by atomic mass is 35.5. The van der Waals surface area contributed by atoms with Crippen LogP contribution in [0.3, 0.4) is 0 Å². The number of nitrogens with zero attached hydrogens (tertiary/aromatic N) is 4. The Hall–Kier alpha value is -1.86. The van der Waals surface area contributed by atoms with Crippen molar-refractivity contribution in [1.82, 2.24) is 20.4 Å². The fraction of sp³-hybridized carbons (Fsp3) is 0.167. The topological polar surface area (TPSA) is 77.8 Å². The van der Waals surface area contributed by atoms with Crippen LogP contribution in [0.4, 0.5) is 0 Å². The van der Waals surface area contributed by atoms with Gasteiger partial charge >= 0.3 is 0 Å². The lowest BCUT2D eigenvalue weighted by molar-refractivity contribution is 0.462. The van der Waals surface area contributed by atoms with Gasteiger partial charge in [-0.25, -0.2) is 0 Å². The summed E-state index contributed by atoms with van der Waals surface area (Å²) in [6, 6.07) is 7.20. The second-order valence-corrected chi connectivity index (χ2v) is 5.25. The maximum Gasteiger partial charge on any atom is 0.277 e. The summed E-state index contributed by atoms with van der Waals surface area (Å²) in [5.41, 5.74) is 0.822. The molecule has 0 radical (unpaired) electrons. The van der Waals surface area contributed by atoms with Crippen LogP contribution in [0.5, 0.6) is 0 Å². The van der Waals surface area contributed by atoms with Crippen LogP contribution in [0, 0.1) is 6.92 Å². The summed E-state index contributed by atoms with van der Waals surface area (Å²) in [5, 5.41) is 16.7. The summed E-state index contributed by atoms with van der Waals surface area (Å²) < 4.78 is 10.8. The van der Waals surface area contributed by atoms with Gasteiger partial charge in [-0.1, -0.05) is 23.4 Å². The highest BCUT2D eigenvalue weighted by molar-refractivity contribution is 7.98. The number of hydrogen-bond donors (Lipinski definition) is 0. The fourth-order valence-electron chi connectivity index (χ4n) is 1.50. The number of halogens is 1. The van der Waals surface area contributed by atoms with Crippen LogP contribution in [0.25, 0.3) is 11.5 Å². The van der Waals surface area contributed by atoms with E-state index in [1.165, 1.54) is 11.8 Å². The van der Waals surface area contributed by atoms with E-state index in [9.17, 15) is 0 Å². The lowest BCUT2D eigenvalue weighted by Crippen LogP contribution is -1.80. The van der Waals surface area contributed by atoms with Crippen LogP contribution < -0.4 is 0 Å². The number of hydrogen-bond acceptors (Lipinski definition) is 7. The molecule has 3 rings (SSSR count). The summed E-state index contributed by atoms with van der Waals surface area (Å²) in [7, 11) is 0. The van der Waals surface area contributed by atoms with Crippen molar-refractivity contribution in [3.05, 3.63) is 41.1 Å². The molecule has 0 amide bonds. The normalized spacial score (nSPS) is 10.9. The first-order valence-electron chi connectivity index (χ1n) is 5.72. The molecule has 6 nitrogen and oxygen atoms in total. The summed E-state index contributed by atoms with van der Waals surface area (Å²) >= 11 is 7.17. The summed E-state index contributed by atoms with van der Waals surface area (Å²) in [5.74, 6) is 2.00. The molecule has 2 aromatic heterocycles. The van der Waals surface area contributed by atoms with Crippen molar-refractivity contribution in [2.24, 2.45) is 0 Å². The van der Waals surface area contributed by atoms with Crippen LogP contribution in [-0.2, 0) is 5.75 Å². The second-order valence-electron chi connectivity index (χ2n) is 3.88. The number of benzene rings is 1. The van der Waals surface area contributed by atoms with Gasteiger partial charge in [-0.15, -0.1) is 20.4 Å². The molecule has 0 aliphatic rings. The van der Waals surface area contributed by atoms with E-state index in [2.05, 4.69) is 20.4 Å². The number of aryl methyl sites for hydroxylation is 1. The third kappa shape index (κ3) is 3.00. The summed E-state index contributed by atoms with van der Waals surface area (Å²) in [6.07, 6.45) is 0. The van der Waals surface area contributed by atoms with E-state index in [-0.39, 0.29) is 0 Å². The van der Waals surface area contributed by atoms with Crippen molar-refractivity contribution in [2.75, 3.05) is 0 Å². The molecule has 0 spiro atoms. The molecule has 0 saturated carbocycles. The zero-order chi connectivity index (χ0) is 13.9. The first kappa shape index (κ1) is 13.1. The van der Waals surface area contributed by atoms with Crippen LogP contribution in [0.1, 0.15) is 11.8 Å². The monoisotopic (exact) mass is 308 g/mol. The van der Waals surface area contributed by atoms with E-state index in [1.54, 1.807) is 19.1 Å². The van der Waals surface area contributed by atoms with Crippen molar-refractivity contribution in [2.45, 2.75) is 17.9 Å². The van der Waals surface area contributed by atoms with Crippen LogP contribution in [0.2, 0.25) is 5.02 Å². The molecule has 20 heavy (non-hydrogen) atoms. The van der Waals surface area contributed by atoms with Gasteiger partial charge < -0.3 is 8.83 Å². The Kier molecular flexibility index (Phi) is 3.70. The minimum Gasteiger partial charge on any atom is -0.425 e. The molecule has 0 unspecified atom stereocenters. The molecule has 0 aliphatic heterocycles. The minimum atomic E-state index is 0.450. The van der Waals surface area contributed by atoms with Crippen molar-refractivity contribution in [1.29, 1.82) is 0 Å². The Labute approximate surface area is 123 Å². The van der Waals surface area contributed by atoms with E-state index >= 15 is 0 Å². The quantitative estimate of drug-likeness (QED) is 0.684. The molecule has 0 aliphatic carbocycles. The summed E-state index contributed by atoms with van der Waals surface area (Å²) in [4.78, 5) is 0. The lowest BCUT2D eigenvalue weighted by atomic mass is 10.2. The van der Waals surface area contributed by atoms with Gasteiger partial charge in [-0.05, 0) is 24.3 Å². The molecular formula is C12H9ClN4O2S. The number of rotatable bonds is 4. The highest BCUT2D eigenvalue weighted by Crippen LogP contribution is 2.26. The fourth-order valence-corrected chi connectivity index (χ4v) is 2.22. The van der Waals surface area contributed by atoms with Crippen LogP contribution in [0.15, 0.2) is 38.3 Å². The Morgan fingerprint density at radius 1 is 1.05 bits per heavy atom.